The lowest BCUT2D eigenvalue weighted by molar-refractivity contribution is -0.385. The summed E-state index contributed by atoms with van der Waals surface area (Å²) < 4.78 is 5.71. The standard InChI is InChI=1S/C18H20N2O4/c1-12-6-5-9-15(16(12)20(22)23)18(21)19-10-11-24-17-13(2)7-4-8-14(17)3/h4-9H,10-11H2,1-3H3,(H,19,21). The van der Waals surface area contributed by atoms with Crippen molar-refractivity contribution in [3.8, 4) is 5.75 Å². The smallest absolute Gasteiger partial charge is 0.285 e. The first kappa shape index (κ1) is 17.5. The number of amides is 1. The fraction of sp³-hybridized carbons (Fsp3) is 0.278. The molecule has 0 heterocycles. The lowest BCUT2D eigenvalue weighted by Gasteiger charge is -2.12. The second-order valence-electron chi connectivity index (χ2n) is 5.55. The molecule has 0 saturated heterocycles. The van der Waals surface area contributed by atoms with Gasteiger partial charge in [0.1, 0.15) is 17.9 Å². The Morgan fingerprint density at radius 2 is 1.67 bits per heavy atom. The Morgan fingerprint density at radius 1 is 1.08 bits per heavy atom. The molecule has 0 saturated carbocycles. The number of aryl methyl sites for hydroxylation is 3. The molecule has 126 valence electrons. The van der Waals surface area contributed by atoms with Gasteiger partial charge in [0.2, 0.25) is 0 Å². The van der Waals surface area contributed by atoms with Crippen LogP contribution in [0, 0.1) is 30.9 Å². The van der Waals surface area contributed by atoms with E-state index in [1.54, 1.807) is 19.1 Å². The quantitative estimate of drug-likeness (QED) is 0.501. The van der Waals surface area contributed by atoms with E-state index in [9.17, 15) is 14.9 Å². The van der Waals surface area contributed by atoms with E-state index in [0.717, 1.165) is 16.9 Å². The minimum Gasteiger partial charge on any atom is -0.491 e. The van der Waals surface area contributed by atoms with Crippen LogP contribution in [0.3, 0.4) is 0 Å². The van der Waals surface area contributed by atoms with Crippen molar-refractivity contribution in [2.45, 2.75) is 20.8 Å². The number of ether oxygens (including phenoxy) is 1. The van der Waals surface area contributed by atoms with Crippen molar-refractivity contribution in [1.29, 1.82) is 0 Å². The van der Waals surface area contributed by atoms with E-state index < -0.39 is 10.8 Å². The number of nitrogens with one attached hydrogen (secondary N) is 1. The minimum absolute atomic E-state index is 0.0621. The summed E-state index contributed by atoms with van der Waals surface area (Å²) in [5, 5.41) is 13.8. The Labute approximate surface area is 140 Å². The van der Waals surface area contributed by atoms with Crippen LogP contribution in [0.2, 0.25) is 0 Å². The van der Waals surface area contributed by atoms with Gasteiger partial charge in [-0.25, -0.2) is 0 Å². The summed E-state index contributed by atoms with van der Waals surface area (Å²) in [5.74, 6) is 0.323. The van der Waals surface area contributed by atoms with Crippen LogP contribution in [0.5, 0.6) is 5.75 Å². The average molecular weight is 328 g/mol. The maximum Gasteiger partial charge on any atom is 0.285 e. The molecule has 0 bridgehead atoms. The topological polar surface area (TPSA) is 81.5 Å². The number of hydrogen-bond acceptors (Lipinski definition) is 4. The molecule has 2 rings (SSSR count). The van der Waals surface area contributed by atoms with Gasteiger partial charge in [-0.1, -0.05) is 30.3 Å². The zero-order chi connectivity index (χ0) is 17.7. The van der Waals surface area contributed by atoms with E-state index in [1.807, 2.05) is 32.0 Å². The van der Waals surface area contributed by atoms with E-state index in [0.29, 0.717) is 5.56 Å². The first-order valence-electron chi connectivity index (χ1n) is 7.63. The fourth-order valence-corrected chi connectivity index (χ4v) is 2.52. The van der Waals surface area contributed by atoms with Crippen LogP contribution in [0.4, 0.5) is 5.69 Å². The van der Waals surface area contributed by atoms with Crippen LogP contribution in [0.15, 0.2) is 36.4 Å². The number of nitro benzene ring substituents is 1. The molecule has 0 aliphatic heterocycles. The zero-order valence-electron chi connectivity index (χ0n) is 14.0. The monoisotopic (exact) mass is 328 g/mol. The fourth-order valence-electron chi connectivity index (χ4n) is 2.52. The summed E-state index contributed by atoms with van der Waals surface area (Å²) in [6.07, 6.45) is 0. The molecule has 6 heteroatoms. The molecule has 1 amide bonds. The molecule has 2 aromatic rings. The van der Waals surface area contributed by atoms with Crippen molar-refractivity contribution in [2.24, 2.45) is 0 Å². The molecular formula is C18H20N2O4. The SMILES string of the molecule is Cc1cccc(C)c1OCCNC(=O)c1cccc(C)c1[N+](=O)[O-]. The number of nitrogens with zero attached hydrogens (tertiary/aromatic N) is 1. The highest BCUT2D eigenvalue weighted by molar-refractivity contribution is 5.98. The number of rotatable bonds is 6. The minimum atomic E-state index is -0.530. The van der Waals surface area contributed by atoms with Crippen LogP contribution in [-0.2, 0) is 0 Å². The highest BCUT2D eigenvalue weighted by Crippen LogP contribution is 2.23. The largest absolute Gasteiger partial charge is 0.491 e. The van der Waals surface area contributed by atoms with Crippen LogP contribution in [0.1, 0.15) is 27.0 Å². The van der Waals surface area contributed by atoms with E-state index in [-0.39, 0.29) is 24.4 Å². The highest BCUT2D eigenvalue weighted by atomic mass is 16.6. The predicted octanol–water partition coefficient (Wildman–Crippen LogP) is 3.33. The van der Waals surface area contributed by atoms with E-state index in [1.165, 1.54) is 6.07 Å². The first-order chi connectivity index (χ1) is 11.4. The maximum atomic E-state index is 12.2. The molecule has 0 aromatic heterocycles. The second kappa shape index (κ2) is 7.59. The van der Waals surface area contributed by atoms with Crippen LogP contribution >= 0.6 is 0 Å². The van der Waals surface area contributed by atoms with Gasteiger partial charge in [-0.2, -0.15) is 0 Å². The second-order valence-corrected chi connectivity index (χ2v) is 5.55. The number of carbonyl (C=O) groups is 1. The molecule has 0 atom stereocenters. The van der Waals surface area contributed by atoms with Gasteiger partial charge in [0.25, 0.3) is 11.6 Å². The van der Waals surface area contributed by atoms with Crippen molar-refractivity contribution < 1.29 is 14.5 Å². The predicted molar refractivity (Wildman–Crippen MR) is 91.6 cm³/mol. The van der Waals surface area contributed by atoms with Crippen LogP contribution in [-0.4, -0.2) is 24.0 Å². The van der Waals surface area contributed by atoms with E-state index in [4.69, 9.17) is 4.74 Å². The molecule has 1 N–H and O–H groups in total. The van der Waals surface area contributed by atoms with Gasteiger partial charge in [0.05, 0.1) is 11.5 Å². The summed E-state index contributed by atoms with van der Waals surface area (Å²) >= 11 is 0. The normalized spacial score (nSPS) is 10.3. The van der Waals surface area contributed by atoms with Crippen molar-refractivity contribution in [3.63, 3.8) is 0 Å². The van der Waals surface area contributed by atoms with Gasteiger partial charge >= 0.3 is 0 Å². The van der Waals surface area contributed by atoms with Crippen molar-refractivity contribution >= 4 is 11.6 Å². The molecule has 0 fully saturated rings. The Balaban J connectivity index is 1.97. The van der Waals surface area contributed by atoms with Gasteiger partial charge in [0, 0.05) is 5.56 Å². The molecule has 0 spiro atoms. The molecule has 6 nitrogen and oxygen atoms in total. The molecule has 0 aliphatic carbocycles. The third-order valence-electron chi connectivity index (χ3n) is 3.71. The molecule has 0 unspecified atom stereocenters. The van der Waals surface area contributed by atoms with Gasteiger partial charge in [-0.05, 0) is 38.0 Å². The summed E-state index contributed by atoms with van der Waals surface area (Å²) in [6, 6.07) is 10.6. The van der Waals surface area contributed by atoms with Gasteiger partial charge in [-0.15, -0.1) is 0 Å². The summed E-state index contributed by atoms with van der Waals surface area (Å²) in [5.41, 5.74) is 2.41. The molecule has 0 aliphatic rings. The third-order valence-corrected chi connectivity index (χ3v) is 3.71. The number of nitro groups is 1. The Kier molecular flexibility index (Phi) is 5.52. The Hall–Kier alpha value is -2.89. The van der Waals surface area contributed by atoms with E-state index in [2.05, 4.69) is 5.32 Å². The molecule has 0 radical (unpaired) electrons. The lowest BCUT2D eigenvalue weighted by atomic mass is 10.1. The maximum absolute atomic E-state index is 12.2. The Bertz CT molecular complexity index is 751. The van der Waals surface area contributed by atoms with Crippen molar-refractivity contribution in [3.05, 3.63) is 68.8 Å². The molecule has 24 heavy (non-hydrogen) atoms. The number of carbonyl (C=O) groups excluding carboxylic acids is 1. The number of para-hydroxylation sites is 2. The highest BCUT2D eigenvalue weighted by Gasteiger charge is 2.21. The number of benzene rings is 2. The van der Waals surface area contributed by atoms with Gasteiger partial charge < -0.3 is 10.1 Å². The van der Waals surface area contributed by atoms with E-state index >= 15 is 0 Å². The summed E-state index contributed by atoms with van der Waals surface area (Å²) in [6.45, 7) is 6.07. The average Bonchev–Trinajstić information content (AvgIpc) is 2.52. The summed E-state index contributed by atoms with van der Waals surface area (Å²) in [4.78, 5) is 22.8. The molecular weight excluding hydrogens is 308 g/mol. The van der Waals surface area contributed by atoms with Crippen LogP contribution in [0.25, 0.3) is 0 Å². The first-order valence-corrected chi connectivity index (χ1v) is 7.63. The lowest BCUT2D eigenvalue weighted by Crippen LogP contribution is -2.29. The summed E-state index contributed by atoms with van der Waals surface area (Å²) in [7, 11) is 0. The Morgan fingerprint density at radius 3 is 2.29 bits per heavy atom. The van der Waals surface area contributed by atoms with Gasteiger partial charge in [0.15, 0.2) is 0 Å². The van der Waals surface area contributed by atoms with Crippen LogP contribution < -0.4 is 10.1 Å². The third kappa shape index (κ3) is 3.90. The molecule has 2 aromatic carbocycles. The number of hydrogen-bond donors (Lipinski definition) is 1. The van der Waals surface area contributed by atoms with Crippen molar-refractivity contribution in [1.82, 2.24) is 5.32 Å². The van der Waals surface area contributed by atoms with Gasteiger partial charge in [-0.3, -0.25) is 14.9 Å². The van der Waals surface area contributed by atoms with Crippen molar-refractivity contribution in [2.75, 3.05) is 13.2 Å². The zero-order valence-corrected chi connectivity index (χ0v) is 14.0.